The van der Waals surface area contributed by atoms with Gasteiger partial charge in [-0.3, -0.25) is 0 Å². The van der Waals surface area contributed by atoms with E-state index in [1.165, 1.54) is 27.7 Å². The Kier molecular flexibility index (Phi) is 2.99. The second-order valence-electron chi connectivity index (χ2n) is 7.18. The topological polar surface area (TPSA) is 28.5 Å². The average molecular weight is 331 g/mol. The molecule has 0 saturated carbocycles. The van der Waals surface area contributed by atoms with Gasteiger partial charge in [0.05, 0.1) is 12.1 Å². The highest BCUT2D eigenvalue weighted by Gasteiger charge is 2.46. The summed E-state index contributed by atoms with van der Waals surface area (Å²) in [6.07, 6.45) is 0.927. The SMILES string of the molecule is CN1CC2Cc3c(n(C)c4ccccc34)C(c3ccccc3)N2C1=O. The molecule has 1 saturated heterocycles. The fourth-order valence-electron chi connectivity index (χ4n) is 4.70. The Hall–Kier alpha value is -2.75. The molecule has 0 aliphatic carbocycles. The van der Waals surface area contributed by atoms with Crippen molar-refractivity contribution in [3.05, 3.63) is 71.4 Å². The van der Waals surface area contributed by atoms with Crippen LogP contribution in [0.5, 0.6) is 0 Å². The van der Waals surface area contributed by atoms with Gasteiger partial charge in [-0.25, -0.2) is 4.79 Å². The molecule has 0 N–H and O–H groups in total. The Morgan fingerprint density at radius 2 is 1.68 bits per heavy atom. The molecular formula is C21H21N3O. The van der Waals surface area contributed by atoms with Crippen molar-refractivity contribution in [3.8, 4) is 0 Å². The smallest absolute Gasteiger partial charge is 0.320 e. The van der Waals surface area contributed by atoms with Gasteiger partial charge in [-0.2, -0.15) is 0 Å². The summed E-state index contributed by atoms with van der Waals surface area (Å²) in [5, 5.41) is 1.32. The van der Waals surface area contributed by atoms with Crippen molar-refractivity contribution in [2.24, 2.45) is 7.05 Å². The van der Waals surface area contributed by atoms with E-state index in [1.54, 1.807) is 0 Å². The molecule has 2 atom stereocenters. The van der Waals surface area contributed by atoms with Crippen molar-refractivity contribution in [3.63, 3.8) is 0 Å². The van der Waals surface area contributed by atoms with Crippen LogP contribution < -0.4 is 0 Å². The third kappa shape index (κ3) is 1.91. The molecule has 4 heteroatoms. The van der Waals surface area contributed by atoms with Gasteiger partial charge in [-0.1, -0.05) is 48.5 Å². The van der Waals surface area contributed by atoms with Crippen LogP contribution in [0.4, 0.5) is 4.79 Å². The van der Waals surface area contributed by atoms with Gasteiger partial charge in [0.1, 0.15) is 0 Å². The number of amides is 2. The first kappa shape index (κ1) is 14.6. The number of nitrogens with zero attached hydrogens (tertiary/aromatic N) is 3. The number of carbonyl (C=O) groups is 1. The van der Waals surface area contributed by atoms with Gasteiger partial charge < -0.3 is 14.4 Å². The number of hydrogen-bond acceptors (Lipinski definition) is 1. The summed E-state index contributed by atoms with van der Waals surface area (Å²) >= 11 is 0. The molecule has 3 aromatic rings. The average Bonchev–Trinajstić information content (AvgIpc) is 3.09. The number of rotatable bonds is 1. The predicted octanol–water partition coefficient (Wildman–Crippen LogP) is 3.56. The van der Waals surface area contributed by atoms with Gasteiger partial charge in [0, 0.05) is 37.2 Å². The Morgan fingerprint density at radius 1 is 0.960 bits per heavy atom. The van der Waals surface area contributed by atoms with E-state index >= 15 is 0 Å². The summed E-state index contributed by atoms with van der Waals surface area (Å²) in [4.78, 5) is 16.9. The number of likely N-dealkylation sites (N-methyl/N-ethyl adjacent to an activating group) is 1. The van der Waals surface area contributed by atoms with Crippen LogP contribution in [0.3, 0.4) is 0 Å². The molecule has 5 rings (SSSR count). The zero-order valence-electron chi connectivity index (χ0n) is 14.5. The number of fused-ring (bicyclic) bond motifs is 4. The van der Waals surface area contributed by atoms with E-state index in [0.29, 0.717) is 0 Å². The van der Waals surface area contributed by atoms with Crippen LogP contribution in [-0.2, 0) is 13.5 Å². The second kappa shape index (κ2) is 5.12. The number of aromatic nitrogens is 1. The van der Waals surface area contributed by atoms with E-state index in [2.05, 4.69) is 65.0 Å². The maximum absolute atomic E-state index is 12.9. The van der Waals surface area contributed by atoms with Crippen LogP contribution in [0, 0.1) is 0 Å². The molecule has 0 bridgehead atoms. The highest BCUT2D eigenvalue weighted by atomic mass is 16.2. The van der Waals surface area contributed by atoms with Crippen molar-refractivity contribution in [2.45, 2.75) is 18.5 Å². The molecule has 25 heavy (non-hydrogen) atoms. The quantitative estimate of drug-likeness (QED) is 0.670. The summed E-state index contributed by atoms with van der Waals surface area (Å²) in [6.45, 7) is 0.796. The third-order valence-corrected chi connectivity index (χ3v) is 5.78. The van der Waals surface area contributed by atoms with Gasteiger partial charge >= 0.3 is 6.03 Å². The summed E-state index contributed by atoms with van der Waals surface area (Å²) in [6, 6.07) is 19.4. The zero-order chi connectivity index (χ0) is 17.1. The number of aryl methyl sites for hydroxylation is 1. The largest absolute Gasteiger partial charge is 0.345 e. The minimum absolute atomic E-state index is 0.0233. The number of urea groups is 1. The monoisotopic (exact) mass is 331 g/mol. The third-order valence-electron chi connectivity index (χ3n) is 5.78. The first-order valence-corrected chi connectivity index (χ1v) is 8.81. The molecule has 2 aliphatic rings. The molecule has 0 radical (unpaired) electrons. The Balaban J connectivity index is 1.81. The molecule has 2 amide bonds. The van der Waals surface area contributed by atoms with E-state index in [1.807, 2.05) is 18.0 Å². The molecule has 2 aliphatic heterocycles. The van der Waals surface area contributed by atoms with Gasteiger partial charge in [0.25, 0.3) is 0 Å². The summed E-state index contributed by atoms with van der Waals surface area (Å²) in [7, 11) is 4.03. The normalized spacial score (nSPS) is 22.4. The van der Waals surface area contributed by atoms with Crippen LogP contribution in [0.1, 0.15) is 22.9 Å². The lowest BCUT2D eigenvalue weighted by molar-refractivity contribution is 0.170. The van der Waals surface area contributed by atoms with Gasteiger partial charge in [-0.05, 0) is 23.6 Å². The summed E-state index contributed by atoms with van der Waals surface area (Å²) < 4.78 is 2.28. The minimum atomic E-state index is -0.0233. The summed E-state index contributed by atoms with van der Waals surface area (Å²) in [5.74, 6) is 0. The highest BCUT2D eigenvalue weighted by molar-refractivity contribution is 5.88. The lowest BCUT2D eigenvalue weighted by Crippen LogP contribution is -2.43. The lowest BCUT2D eigenvalue weighted by Gasteiger charge is -2.38. The van der Waals surface area contributed by atoms with E-state index in [0.717, 1.165) is 13.0 Å². The van der Waals surface area contributed by atoms with E-state index in [9.17, 15) is 4.79 Å². The van der Waals surface area contributed by atoms with Crippen LogP contribution >= 0.6 is 0 Å². The van der Waals surface area contributed by atoms with Gasteiger partial charge in [-0.15, -0.1) is 0 Å². The molecule has 3 heterocycles. The molecule has 2 aromatic carbocycles. The summed E-state index contributed by atoms with van der Waals surface area (Å²) in [5.41, 5.74) is 5.09. The Bertz CT molecular complexity index is 975. The Labute approximate surface area is 147 Å². The van der Waals surface area contributed by atoms with E-state index in [4.69, 9.17) is 0 Å². The Morgan fingerprint density at radius 3 is 2.48 bits per heavy atom. The van der Waals surface area contributed by atoms with Crippen molar-refractivity contribution in [1.29, 1.82) is 0 Å². The van der Waals surface area contributed by atoms with Gasteiger partial charge in [0.15, 0.2) is 0 Å². The number of para-hydroxylation sites is 1. The molecule has 2 unspecified atom stereocenters. The molecule has 1 aromatic heterocycles. The number of carbonyl (C=O) groups excluding carboxylic acids is 1. The maximum atomic E-state index is 12.9. The lowest BCUT2D eigenvalue weighted by atomic mass is 9.89. The van der Waals surface area contributed by atoms with Crippen LogP contribution in [0.25, 0.3) is 10.9 Å². The molecule has 0 spiro atoms. The fraction of sp³-hybridized carbons (Fsp3) is 0.286. The van der Waals surface area contributed by atoms with Crippen molar-refractivity contribution in [2.75, 3.05) is 13.6 Å². The fourth-order valence-corrected chi connectivity index (χ4v) is 4.70. The first-order chi connectivity index (χ1) is 12.2. The van der Waals surface area contributed by atoms with Crippen molar-refractivity contribution < 1.29 is 4.79 Å². The van der Waals surface area contributed by atoms with Crippen molar-refractivity contribution in [1.82, 2.24) is 14.4 Å². The minimum Gasteiger partial charge on any atom is -0.345 e. The van der Waals surface area contributed by atoms with E-state index < -0.39 is 0 Å². The molecule has 126 valence electrons. The molecule has 4 nitrogen and oxygen atoms in total. The van der Waals surface area contributed by atoms with Gasteiger partial charge in [0.2, 0.25) is 0 Å². The second-order valence-corrected chi connectivity index (χ2v) is 7.18. The predicted molar refractivity (Wildman–Crippen MR) is 98.6 cm³/mol. The highest BCUT2D eigenvalue weighted by Crippen LogP contribution is 2.44. The standard InChI is InChI=1S/C21H21N3O/c1-22-13-15-12-17-16-10-6-7-11-18(16)23(2)20(17)19(24(15)21(22)25)14-8-4-3-5-9-14/h3-11,15,19H,12-13H2,1-2H3. The molecular weight excluding hydrogens is 310 g/mol. The number of benzene rings is 2. The molecule has 1 fully saturated rings. The van der Waals surface area contributed by atoms with E-state index in [-0.39, 0.29) is 18.1 Å². The number of hydrogen-bond donors (Lipinski definition) is 0. The van der Waals surface area contributed by atoms with Crippen LogP contribution in [-0.4, -0.2) is 40.0 Å². The maximum Gasteiger partial charge on any atom is 0.320 e. The van der Waals surface area contributed by atoms with Crippen LogP contribution in [0.15, 0.2) is 54.6 Å². The zero-order valence-corrected chi connectivity index (χ0v) is 14.5. The van der Waals surface area contributed by atoms with Crippen LogP contribution in [0.2, 0.25) is 0 Å². The first-order valence-electron chi connectivity index (χ1n) is 8.81. The van der Waals surface area contributed by atoms with Crippen molar-refractivity contribution >= 4 is 16.9 Å².